The molecule has 3 heteroatoms. The number of rotatable bonds is 0. The van der Waals surface area contributed by atoms with E-state index in [0.717, 1.165) is 12.1 Å². The number of hydrogen-bond donors (Lipinski definition) is 2. The van der Waals surface area contributed by atoms with Crippen LogP contribution >= 0.6 is 0 Å². The molecule has 0 aromatic heterocycles. The molecule has 0 aliphatic carbocycles. The van der Waals surface area contributed by atoms with Crippen molar-refractivity contribution >= 4 is 11.7 Å². The van der Waals surface area contributed by atoms with Gasteiger partial charge in [-0.25, -0.2) is 4.79 Å². The number of carbonyl (C=O) groups is 1. The van der Waals surface area contributed by atoms with Gasteiger partial charge in [0.1, 0.15) is 0 Å². The van der Waals surface area contributed by atoms with Crippen molar-refractivity contribution < 1.29 is 4.79 Å². The van der Waals surface area contributed by atoms with E-state index in [1.165, 1.54) is 5.56 Å². The van der Waals surface area contributed by atoms with Gasteiger partial charge in [0, 0.05) is 11.2 Å². The minimum atomic E-state index is -0.184. The van der Waals surface area contributed by atoms with Gasteiger partial charge in [-0.1, -0.05) is 18.2 Å². The van der Waals surface area contributed by atoms with Crippen LogP contribution in [0.15, 0.2) is 24.3 Å². The quantitative estimate of drug-likeness (QED) is 0.646. The van der Waals surface area contributed by atoms with E-state index in [2.05, 4.69) is 10.6 Å². The maximum Gasteiger partial charge on any atom is 0.319 e. The third-order valence-corrected chi connectivity index (χ3v) is 2.35. The molecule has 0 radical (unpaired) electrons. The van der Waals surface area contributed by atoms with Crippen LogP contribution in [0, 0.1) is 0 Å². The Hall–Kier alpha value is -1.51. The predicted molar refractivity (Wildman–Crippen MR) is 56.4 cm³/mol. The van der Waals surface area contributed by atoms with Crippen LogP contribution < -0.4 is 10.6 Å². The summed E-state index contributed by atoms with van der Waals surface area (Å²) in [5, 5.41) is 5.74. The summed E-state index contributed by atoms with van der Waals surface area (Å²) in [5.41, 5.74) is 1.91. The molecule has 3 nitrogen and oxygen atoms in total. The van der Waals surface area contributed by atoms with Gasteiger partial charge < -0.3 is 10.6 Å². The standard InChI is InChI=1S/C11H14N2O/c1-11(2)7-8-5-3-4-6-9(8)12-10(14)13-11/h3-6H,7H2,1-2H3,(H2,12,13,14). The molecule has 1 heterocycles. The van der Waals surface area contributed by atoms with E-state index in [9.17, 15) is 4.79 Å². The number of amides is 2. The molecule has 74 valence electrons. The zero-order valence-corrected chi connectivity index (χ0v) is 8.42. The summed E-state index contributed by atoms with van der Waals surface area (Å²) in [6.07, 6.45) is 0.849. The smallest absolute Gasteiger partial charge is 0.319 e. The number of nitrogens with one attached hydrogen (secondary N) is 2. The van der Waals surface area contributed by atoms with E-state index in [0.29, 0.717) is 0 Å². The van der Waals surface area contributed by atoms with Gasteiger partial charge in [0.2, 0.25) is 0 Å². The fourth-order valence-corrected chi connectivity index (χ4v) is 1.78. The highest BCUT2D eigenvalue weighted by Gasteiger charge is 2.25. The molecule has 1 aliphatic heterocycles. The molecule has 2 N–H and O–H groups in total. The van der Waals surface area contributed by atoms with Gasteiger partial charge in [0.15, 0.2) is 0 Å². The predicted octanol–water partition coefficient (Wildman–Crippen LogP) is 2.14. The fraction of sp³-hybridized carbons (Fsp3) is 0.364. The van der Waals surface area contributed by atoms with Crippen LogP contribution in [0.1, 0.15) is 19.4 Å². The lowest BCUT2D eigenvalue weighted by molar-refractivity contribution is 0.242. The van der Waals surface area contributed by atoms with Gasteiger partial charge in [-0.15, -0.1) is 0 Å². The highest BCUT2D eigenvalue weighted by molar-refractivity contribution is 5.91. The Morgan fingerprint density at radius 2 is 2.00 bits per heavy atom. The number of hydrogen-bond acceptors (Lipinski definition) is 1. The van der Waals surface area contributed by atoms with Crippen LogP contribution in [0.3, 0.4) is 0 Å². The first-order valence-corrected chi connectivity index (χ1v) is 4.74. The summed E-state index contributed by atoms with van der Waals surface area (Å²) in [5.74, 6) is 0. The SMILES string of the molecule is CC1(C)Cc2ccccc2NC(=O)N1. The van der Waals surface area contributed by atoms with Crippen molar-refractivity contribution in [1.82, 2.24) is 5.32 Å². The minimum absolute atomic E-state index is 0.125. The number of carbonyl (C=O) groups excluding carboxylic acids is 1. The highest BCUT2D eigenvalue weighted by Crippen LogP contribution is 2.23. The molecule has 2 amide bonds. The van der Waals surface area contributed by atoms with Gasteiger partial charge in [-0.2, -0.15) is 0 Å². The van der Waals surface area contributed by atoms with Crippen LogP contribution in [0.4, 0.5) is 10.5 Å². The van der Waals surface area contributed by atoms with Crippen molar-refractivity contribution in [3.05, 3.63) is 29.8 Å². The van der Waals surface area contributed by atoms with Crippen molar-refractivity contribution in [2.75, 3.05) is 5.32 Å². The second kappa shape index (κ2) is 3.01. The van der Waals surface area contributed by atoms with Gasteiger partial charge in [-0.3, -0.25) is 0 Å². The molecular formula is C11H14N2O. The lowest BCUT2D eigenvalue weighted by Crippen LogP contribution is -2.44. The molecule has 0 unspecified atom stereocenters. The summed E-state index contributed by atoms with van der Waals surface area (Å²) in [6, 6.07) is 7.77. The molecular weight excluding hydrogens is 176 g/mol. The lowest BCUT2D eigenvalue weighted by atomic mass is 9.95. The Labute approximate surface area is 83.5 Å². The van der Waals surface area contributed by atoms with Crippen LogP contribution in [-0.4, -0.2) is 11.6 Å². The summed E-state index contributed by atoms with van der Waals surface area (Å²) >= 11 is 0. The Balaban J connectivity index is 2.42. The van der Waals surface area contributed by atoms with Crippen molar-refractivity contribution in [1.29, 1.82) is 0 Å². The van der Waals surface area contributed by atoms with Crippen LogP contribution in [0.5, 0.6) is 0 Å². The number of urea groups is 1. The van der Waals surface area contributed by atoms with E-state index in [1.807, 2.05) is 38.1 Å². The molecule has 0 fully saturated rings. The Bertz CT molecular complexity index is 371. The zero-order chi connectivity index (χ0) is 10.2. The number of anilines is 1. The summed E-state index contributed by atoms with van der Waals surface area (Å²) < 4.78 is 0. The molecule has 0 bridgehead atoms. The van der Waals surface area contributed by atoms with Crippen molar-refractivity contribution in [2.24, 2.45) is 0 Å². The monoisotopic (exact) mass is 190 g/mol. The van der Waals surface area contributed by atoms with Gasteiger partial charge in [0.05, 0.1) is 0 Å². The van der Waals surface area contributed by atoms with Crippen LogP contribution in [0.25, 0.3) is 0 Å². The third-order valence-electron chi connectivity index (χ3n) is 2.35. The second-order valence-corrected chi connectivity index (χ2v) is 4.30. The Morgan fingerprint density at radius 1 is 1.29 bits per heavy atom. The first kappa shape index (κ1) is 9.06. The number of fused-ring (bicyclic) bond motifs is 1. The highest BCUT2D eigenvalue weighted by atomic mass is 16.2. The van der Waals surface area contributed by atoms with Crippen LogP contribution in [-0.2, 0) is 6.42 Å². The van der Waals surface area contributed by atoms with E-state index in [4.69, 9.17) is 0 Å². The van der Waals surface area contributed by atoms with Gasteiger partial charge in [-0.05, 0) is 31.9 Å². The Morgan fingerprint density at radius 3 is 2.79 bits per heavy atom. The molecule has 0 saturated heterocycles. The fourth-order valence-electron chi connectivity index (χ4n) is 1.78. The maximum atomic E-state index is 11.4. The molecule has 14 heavy (non-hydrogen) atoms. The largest absolute Gasteiger partial charge is 0.333 e. The maximum absolute atomic E-state index is 11.4. The molecule has 1 aromatic carbocycles. The minimum Gasteiger partial charge on any atom is -0.333 e. The van der Waals surface area contributed by atoms with E-state index < -0.39 is 0 Å². The third kappa shape index (κ3) is 1.71. The van der Waals surface area contributed by atoms with E-state index >= 15 is 0 Å². The van der Waals surface area contributed by atoms with Gasteiger partial charge >= 0.3 is 6.03 Å². The first-order chi connectivity index (χ1) is 6.57. The summed E-state index contributed by atoms with van der Waals surface area (Å²) in [7, 11) is 0. The topological polar surface area (TPSA) is 41.1 Å². The van der Waals surface area contributed by atoms with E-state index in [-0.39, 0.29) is 11.6 Å². The molecule has 0 spiro atoms. The normalized spacial score (nSPS) is 18.9. The lowest BCUT2D eigenvalue weighted by Gasteiger charge is -2.23. The van der Waals surface area contributed by atoms with Crippen molar-refractivity contribution in [2.45, 2.75) is 25.8 Å². The average Bonchev–Trinajstić information content (AvgIpc) is 2.16. The zero-order valence-electron chi connectivity index (χ0n) is 8.42. The van der Waals surface area contributed by atoms with Gasteiger partial charge in [0.25, 0.3) is 0 Å². The number of benzene rings is 1. The van der Waals surface area contributed by atoms with Crippen molar-refractivity contribution in [3.8, 4) is 0 Å². The number of para-hydroxylation sites is 1. The van der Waals surface area contributed by atoms with E-state index in [1.54, 1.807) is 0 Å². The second-order valence-electron chi connectivity index (χ2n) is 4.30. The molecule has 1 aromatic rings. The molecule has 1 aliphatic rings. The van der Waals surface area contributed by atoms with Crippen molar-refractivity contribution in [3.63, 3.8) is 0 Å². The average molecular weight is 190 g/mol. The molecule has 2 rings (SSSR count). The molecule has 0 atom stereocenters. The Kier molecular flexibility index (Phi) is 1.95. The molecule has 0 saturated carbocycles. The first-order valence-electron chi connectivity index (χ1n) is 4.74. The summed E-state index contributed by atoms with van der Waals surface area (Å²) in [4.78, 5) is 11.4. The summed E-state index contributed by atoms with van der Waals surface area (Å²) in [6.45, 7) is 4.04. The van der Waals surface area contributed by atoms with Crippen LogP contribution in [0.2, 0.25) is 0 Å².